The van der Waals surface area contributed by atoms with Crippen LogP contribution in [0.15, 0.2) is 0 Å². The molecule has 4 aliphatic rings. The summed E-state index contributed by atoms with van der Waals surface area (Å²) in [5, 5.41) is 0. The number of carbonyl (C=O) groups is 1. The van der Waals surface area contributed by atoms with Gasteiger partial charge in [0.25, 0.3) is 0 Å². The van der Waals surface area contributed by atoms with E-state index >= 15 is 0 Å². The van der Waals surface area contributed by atoms with Gasteiger partial charge in [-0.25, -0.2) is 0 Å². The van der Waals surface area contributed by atoms with Gasteiger partial charge in [-0.2, -0.15) is 0 Å². The lowest BCUT2D eigenvalue weighted by atomic mass is 9.46. The molecule has 0 aromatic heterocycles. The largest absolute Gasteiger partial charge is 0.369 e. The van der Waals surface area contributed by atoms with E-state index in [1.807, 2.05) is 6.92 Å². The molecule has 0 spiro atoms. The van der Waals surface area contributed by atoms with Crippen LogP contribution in [-0.2, 0) is 4.79 Å². The molecule has 83 valence electrons. The molecule has 1 amide bonds. The van der Waals surface area contributed by atoms with Crippen LogP contribution in [0.5, 0.6) is 0 Å². The SMILES string of the molecule is C[C](C(N)=O)C12CC3CC(CC(C3)C1)C2. The van der Waals surface area contributed by atoms with Crippen LogP contribution in [0.3, 0.4) is 0 Å². The number of nitrogens with two attached hydrogens (primary N) is 1. The molecule has 0 aromatic rings. The quantitative estimate of drug-likeness (QED) is 0.740. The highest BCUT2D eigenvalue weighted by Crippen LogP contribution is 2.63. The fourth-order valence-corrected chi connectivity index (χ4v) is 4.83. The zero-order chi connectivity index (χ0) is 10.6. The van der Waals surface area contributed by atoms with Gasteiger partial charge in [0, 0.05) is 0 Å². The van der Waals surface area contributed by atoms with Crippen LogP contribution < -0.4 is 5.73 Å². The number of hydrogen-bond acceptors (Lipinski definition) is 1. The van der Waals surface area contributed by atoms with E-state index in [1.54, 1.807) is 0 Å². The first-order chi connectivity index (χ1) is 7.09. The smallest absolute Gasteiger partial charge is 0.225 e. The number of primary amides is 1. The van der Waals surface area contributed by atoms with Crippen LogP contribution in [0.2, 0.25) is 0 Å². The highest BCUT2D eigenvalue weighted by molar-refractivity contribution is 5.89. The number of carbonyl (C=O) groups excluding carboxylic acids is 1. The molecule has 0 saturated heterocycles. The van der Waals surface area contributed by atoms with Crippen molar-refractivity contribution in [3.05, 3.63) is 5.92 Å². The standard InChI is InChI=1S/C13H20NO/c1-8(12(14)15)13-5-9-2-10(6-13)4-11(3-9)7-13/h9-11H,2-7H2,1H3,(H2,14,15). The minimum Gasteiger partial charge on any atom is -0.369 e. The van der Waals surface area contributed by atoms with Gasteiger partial charge in [-0.1, -0.05) is 0 Å². The number of rotatable bonds is 2. The van der Waals surface area contributed by atoms with Gasteiger partial charge in [0.15, 0.2) is 0 Å². The Balaban J connectivity index is 1.89. The maximum Gasteiger partial charge on any atom is 0.225 e. The van der Waals surface area contributed by atoms with Crippen LogP contribution >= 0.6 is 0 Å². The Hall–Kier alpha value is -0.530. The van der Waals surface area contributed by atoms with Crippen molar-refractivity contribution in [1.29, 1.82) is 0 Å². The van der Waals surface area contributed by atoms with E-state index in [9.17, 15) is 4.79 Å². The van der Waals surface area contributed by atoms with Crippen LogP contribution in [-0.4, -0.2) is 5.91 Å². The Morgan fingerprint density at radius 2 is 1.47 bits per heavy atom. The van der Waals surface area contributed by atoms with E-state index in [-0.39, 0.29) is 11.3 Å². The molecule has 4 fully saturated rings. The molecule has 0 aromatic carbocycles. The molecule has 4 bridgehead atoms. The fourth-order valence-electron chi connectivity index (χ4n) is 4.83. The third-order valence-corrected chi connectivity index (χ3v) is 5.20. The van der Waals surface area contributed by atoms with Gasteiger partial charge in [0.05, 0.1) is 5.92 Å². The van der Waals surface area contributed by atoms with Crippen LogP contribution in [0.4, 0.5) is 0 Å². The van der Waals surface area contributed by atoms with Gasteiger partial charge in [0.2, 0.25) is 5.91 Å². The molecule has 4 saturated carbocycles. The zero-order valence-corrected chi connectivity index (χ0v) is 9.46. The van der Waals surface area contributed by atoms with Crippen molar-refractivity contribution in [2.75, 3.05) is 0 Å². The van der Waals surface area contributed by atoms with Crippen molar-refractivity contribution in [2.45, 2.75) is 45.4 Å². The first kappa shape index (κ1) is 9.68. The Labute approximate surface area is 91.6 Å². The fraction of sp³-hybridized carbons (Fsp3) is 0.846. The molecule has 2 nitrogen and oxygen atoms in total. The van der Waals surface area contributed by atoms with Crippen LogP contribution in [0.1, 0.15) is 45.4 Å². The van der Waals surface area contributed by atoms with Crippen molar-refractivity contribution in [3.63, 3.8) is 0 Å². The molecule has 4 aliphatic carbocycles. The number of amides is 1. The molecule has 15 heavy (non-hydrogen) atoms. The van der Waals surface area contributed by atoms with E-state index < -0.39 is 0 Å². The van der Waals surface area contributed by atoms with E-state index in [4.69, 9.17) is 5.73 Å². The molecule has 2 heteroatoms. The van der Waals surface area contributed by atoms with Crippen LogP contribution in [0.25, 0.3) is 0 Å². The molecule has 0 aliphatic heterocycles. The molecule has 0 unspecified atom stereocenters. The summed E-state index contributed by atoms with van der Waals surface area (Å²) in [5.74, 6) is 3.50. The van der Waals surface area contributed by atoms with Gasteiger partial charge in [0.1, 0.15) is 0 Å². The highest BCUT2D eigenvalue weighted by Gasteiger charge is 2.54. The lowest BCUT2D eigenvalue weighted by molar-refractivity contribution is -0.122. The molecule has 4 rings (SSSR count). The first-order valence-corrected chi connectivity index (χ1v) is 6.23. The average Bonchev–Trinajstić information content (AvgIpc) is 2.14. The summed E-state index contributed by atoms with van der Waals surface area (Å²) in [7, 11) is 0. The van der Waals surface area contributed by atoms with Crippen molar-refractivity contribution in [3.8, 4) is 0 Å². The summed E-state index contributed by atoms with van der Waals surface area (Å²) in [6.07, 6.45) is 8.00. The van der Waals surface area contributed by atoms with Crippen molar-refractivity contribution >= 4 is 5.91 Å². The second kappa shape index (κ2) is 2.99. The average molecular weight is 206 g/mol. The molecule has 0 atom stereocenters. The maximum atomic E-state index is 11.4. The molecule has 1 radical (unpaired) electrons. The van der Waals surface area contributed by atoms with Gasteiger partial charge in [-0.15, -0.1) is 0 Å². The lowest BCUT2D eigenvalue weighted by Crippen LogP contribution is -2.50. The van der Waals surface area contributed by atoms with Crippen LogP contribution in [0, 0.1) is 29.1 Å². The molecule has 0 heterocycles. The van der Waals surface area contributed by atoms with Crippen molar-refractivity contribution in [1.82, 2.24) is 0 Å². The topological polar surface area (TPSA) is 43.1 Å². The predicted molar refractivity (Wildman–Crippen MR) is 58.7 cm³/mol. The number of hydrogen-bond donors (Lipinski definition) is 1. The van der Waals surface area contributed by atoms with E-state index in [0.717, 1.165) is 23.7 Å². The molecular weight excluding hydrogens is 186 g/mol. The summed E-state index contributed by atoms with van der Waals surface area (Å²) >= 11 is 0. The predicted octanol–water partition coefficient (Wildman–Crippen LogP) is 2.28. The normalized spacial score (nSPS) is 47.5. The van der Waals surface area contributed by atoms with Crippen molar-refractivity contribution < 1.29 is 4.79 Å². The van der Waals surface area contributed by atoms with Gasteiger partial charge >= 0.3 is 0 Å². The Kier molecular flexibility index (Phi) is 1.93. The Bertz CT molecular complexity index is 262. The Morgan fingerprint density at radius 3 is 1.80 bits per heavy atom. The summed E-state index contributed by atoms with van der Waals surface area (Å²) in [4.78, 5) is 11.4. The van der Waals surface area contributed by atoms with Crippen molar-refractivity contribution in [2.24, 2.45) is 28.9 Å². The van der Waals surface area contributed by atoms with Gasteiger partial charge < -0.3 is 5.73 Å². The second-order valence-electron chi connectivity index (χ2n) is 6.19. The van der Waals surface area contributed by atoms with E-state index in [2.05, 4.69) is 0 Å². The second-order valence-corrected chi connectivity index (χ2v) is 6.19. The lowest BCUT2D eigenvalue weighted by Gasteiger charge is -2.58. The van der Waals surface area contributed by atoms with E-state index in [0.29, 0.717) is 0 Å². The maximum absolute atomic E-state index is 11.4. The summed E-state index contributed by atoms with van der Waals surface area (Å²) in [6.45, 7) is 1.98. The summed E-state index contributed by atoms with van der Waals surface area (Å²) in [5.41, 5.74) is 5.70. The molecule has 2 N–H and O–H groups in total. The van der Waals surface area contributed by atoms with Gasteiger partial charge in [-0.05, 0) is 68.6 Å². The zero-order valence-electron chi connectivity index (χ0n) is 9.46. The minimum atomic E-state index is -0.156. The summed E-state index contributed by atoms with van der Waals surface area (Å²) in [6, 6.07) is 0. The highest BCUT2D eigenvalue weighted by atomic mass is 16.1. The summed E-state index contributed by atoms with van der Waals surface area (Å²) < 4.78 is 0. The molecular formula is C13H20NO. The van der Waals surface area contributed by atoms with E-state index in [1.165, 1.54) is 38.5 Å². The first-order valence-electron chi connectivity index (χ1n) is 6.23. The monoisotopic (exact) mass is 206 g/mol. The minimum absolute atomic E-state index is 0.156. The third kappa shape index (κ3) is 1.33. The third-order valence-electron chi connectivity index (χ3n) is 5.20. The van der Waals surface area contributed by atoms with Gasteiger partial charge in [-0.3, -0.25) is 4.79 Å². The Morgan fingerprint density at radius 1 is 1.07 bits per heavy atom.